The maximum absolute atomic E-state index is 12.8. The highest BCUT2D eigenvalue weighted by Gasteiger charge is 2.18. The molecule has 3 rings (SSSR count). The molecule has 150 valence electrons. The Morgan fingerprint density at radius 1 is 0.966 bits per heavy atom. The van der Waals surface area contributed by atoms with Crippen LogP contribution in [-0.4, -0.2) is 12.5 Å². The first kappa shape index (κ1) is 21.1. The zero-order chi connectivity index (χ0) is 20.8. The van der Waals surface area contributed by atoms with Crippen molar-refractivity contribution in [2.45, 2.75) is 32.7 Å². The van der Waals surface area contributed by atoms with Gasteiger partial charge in [0, 0.05) is 4.47 Å². The van der Waals surface area contributed by atoms with Crippen LogP contribution in [0.5, 0.6) is 5.75 Å². The van der Waals surface area contributed by atoms with Crippen LogP contribution in [0.2, 0.25) is 0 Å². The molecule has 0 aromatic heterocycles. The summed E-state index contributed by atoms with van der Waals surface area (Å²) in [7, 11) is 0. The van der Waals surface area contributed by atoms with E-state index in [0.29, 0.717) is 5.92 Å². The number of hydrogen-bond acceptors (Lipinski definition) is 2. The fourth-order valence-corrected chi connectivity index (χ4v) is 3.60. The van der Waals surface area contributed by atoms with Crippen molar-refractivity contribution in [3.8, 4) is 5.75 Å². The minimum absolute atomic E-state index is 0.0308. The van der Waals surface area contributed by atoms with Crippen LogP contribution in [0, 0.1) is 6.92 Å². The van der Waals surface area contributed by atoms with E-state index in [1.165, 1.54) is 0 Å². The summed E-state index contributed by atoms with van der Waals surface area (Å²) in [6.45, 7) is 6.22. The molecule has 0 atom stereocenters. The van der Waals surface area contributed by atoms with Gasteiger partial charge in [-0.2, -0.15) is 0 Å². The second-order valence-corrected chi connectivity index (χ2v) is 8.26. The van der Waals surface area contributed by atoms with Gasteiger partial charge in [0.1, 0.15) is 5.75 Å². The smallest absolute Gasteiger partial charge is 0.258 e. The Labute approximate surface area is 181 Å². The molecule has 0 heterocycles. The van der Waals surface area contributed by atoms with Gasteiger partial charge in [-0.05, 0) is 47.2 Å². The summed E-state index contributed by atoms with van der Waals surface area (Å²) in [5.74, 6) is 0.899. The highest BCUT2D eigenvalue weighted by molar-refractivity contribution is 9.10. The number of carbonyl (C=O) groups is 1. The minimum atomic E-state index is -0.218. The van der Waals surface area contributed by atoms with Gasteiger partial charge in [-0.3, -0.25) is 4.79 Å². The standard InChI is InChI=1S/C25H26BrNO2/c1-17(2)21-15-22(26)18(3)14-23(21)29-16-24(28)27-25(19-10-6-4-7-11-19)20-12-8-5-9-13-20/h4-15,17,25H,16H2,1-3H3,(H,27,28). The van der Waals surface area contributed by atoms with E-state index in [-0.39, 0.29) is 18.6 Å². The summed E-state index contributed by atoms with van der Waals surface area (Å²) in [5, 5.41) is 3.12. The molecule has 0 fully saturated rings. The van der Waals surface area contributed by atoms with Gasteiger partial charge in [-0.15, -0.1) is 0 Å². The zero-order valence-electron chi connectivity index (χ0n) is 17.0. The van der Waals surface area contributed by atoms with Crippen LogP contribution in [0.1, 0.15) is 48.1 Å². The summed E-state index contributed by atoms with van der Waals surface area (Å²) in [4.78, 5) is 12.8. The molecular formula is C25H26BrNO2. The third-order valence-electron chi connectivity index (χ3n) is 4.84. The predicted octanol–water partition coefficient (Wildman–Crippen LogP) is 6.17. The summed E-state index contributed by atoms with van der Waals surface area (Å²) >= 11 is 3.58. The minimum Gasteiger partial charge on any atom is -0.483 e. The summed E-state index contributed by atoms with van der Waals surface area (Å²) < 4.78 is 6.98. The normalized spacial score (nSPS) is 11.0. The second kappa shape index (κ2) is 9.75. The molecular weight excluding hydrogens is 426 g/mol. The third kappa shape index (κ3) is 5.48. The highest BCUT2D eigenvalue weighted by atomic mass is 79.9. The second-order valence-electron chi connectivity index (χ2n) is 7.40. The SMILES string of the molecule is Cc1cc(OCC(=O)NC(c2ccccc2)c2ccccc2)c(C(C)C)cc1Br. The average molecular weight is 452 g/mol. The molecule has 0 spiro atoms. The van der Waals surface area contributed by atoms with Crippen molar-refractivity contribution < 1.29 is 9.53 Å². The summed E-state index contributed by atoms with van der Waals surface area (Å²) in [5.41, 5.74) is 4.23. The molecule has 0 aliphatic carbocycles. The topological polar surface area (TPSA) is 38.3 Å². The number of hydrogen-bond donors (Lipinski definition) is 1. The first-order valence-corrected chi connectivity index (χ1v) is 10.6. The molecule has 1 amide bonds. The maximum Gasteiger partial charge on any atom is 0.258 e. The van der Waals surface area contributed by atoms with E-state index in [2.05, 4.69) is 41.2 Å². The molecule has 1 N–H and O–H groups in total. The van der Waals surface area contributed by atoms with E-state index in [1.807, 2.05) is 73.7 Å². The van der Waals surface area contributed by atoms with Gasteiger partial charge in [0.05, 0.1) is 6.04 Å². The first-order chi connectivity index (χ1) is 14.0. The Morgan fingerprint density at radius 2 is 1.52 bits per heavy atom. The van der Waals surface area contributed by atoms with Gasteiger partial charge in [-0.1, -0.05) is 90.4 Å². The lowest BCUT2D eigenvalue weighted by Gasteiger charge is -2.21. The number of benzene rings is 3. The van der Waals surface area contributed by atoms with Crippen molar-refractivity contribution >= 4 is 21.8 Å². The van der Waals surface area contributed by atoms with Crippen LogP contribution in [0.25, 0.3) is 0 Å². The van der Waals surface area contributed by atoms with Gasteiger partial charge in [0.25, 0.3) is 5.91 Å². The van der Waals surface area contributed by atoms with E-state index >= 15 is 0 Å². The first-order valence-electron chi connectivity index (χ1n) is 9.77. The number of rotatable bonds is 7. The van der Waals surface area contributed by atoms with Gasteiger partial charge in [0.15, 0.2) is 6.61 Å². The van der Waals surface area contributed by atoms with Crippen molar-refractivity contribution in [3.05, 3.63) is 99.5 Å². The molecule has 3 aromatic rings. The molecule has 0 saturated heterocycles. The van der Waals surface area contributed by atoms with Crippen LogP contribution >= 0.6 is 15.9 Å². The van der Waals surface area contributed by atoms with Crippen LogP contribution < -0.4 is 10.1 Å². The average Bonchev–Trinajstić information content (AvgIpc) is 2.73. The molecule has 4 heteroatoms. The number of nitrogens with one attached hydrogen (secondary N) is 1. The lowest BCUT2D eigenvalue weighted by atomic mass is 9.99. The molecule has 0 unspecified atom stereocenters. The zero-order valence-corrected chi connectivity index (χ0v) is 18.6. The molecule has 0 aliphatic heterocycles. The fourth-order valence-electron chi connectivity index (χ4n) is 3.24. The van der Waals surface area contributed by atoms with Gasteiger partial charge < -0.3 is 10.1 Å². The third-order valence-corrected chi connectivity index (χ3v) is 5.70. The molecule has 3 aromatic carbocycles. The van der Waals surface area contributed by atoms with Gasteiger partial charge in [0.2, 0.25) is 0 Å². The Hall–Kier alpha value is -2.59. The van der Waals surface area contributed by atoms with Gasteiger partial charge >= 0.3 is 0 Å². The number of carbonyl (C=O) groups excluding carboxylic acids is 1. The van der Waals surface area contributed by atoms with Crippen molar-refractivity contribution in [3.63, 3.8) is 0 Å². The van der Waals surface area contributed by atoms with Gasteiger partial charge in [-0.25, -0.2) is 0 Å². The lowest BCUT2D eigenvalue weighted by molar-refractivity contribution is -0.123. The largest absolute Gasteiger partial charge is 0.483 e. The molecule has 29 heavy (non-hydrogen) atoms. The van der Waals surface area contributed by atoms with E-state index in [9.17, 15) is 4.79 Å². The van der Waals surface area contributed by atoms with Crippen molar-refractivity contribution in [2.75, 3.05) is 6.61 Å². The number of aryl methyl sites for hydroxylation is 1. The Kier molecular flexibility index (Phi) is 7.10. The van der Waals surface area contributed by atoms with Crippen LogP contribution in [0.4, 0.5) is 0 Å². The molecule has 0 saturated carbocycles. The lowest BCUT2D eigenvalue weighted by Crippen LogP contribution is -2.33. The monoisotopic (exact) mass is 451 g/mol. The Balaban J connectivity index is 1.76. The van der Waals surface area contributed by atoms with Crippen LogP contribution in [0.15, 0.2) is 77.3 Å². The highest BCUT2D eigenvalue weighted by Crippen LogP contribution is 2.32. The fraction of sp³-hybridized carbons (Fsp3) is 0.240. The molecule has 0 aliphatic rings. The Bertz CT molecular complexity index is 916. The van der Waals surface area contributed by atoms with E-state index in [4.69, 9.17) is 4.74 Å². The van der Waals surface area contributed by atoms with E-state index in [1.54, 1.807) is 0 Å². The quantitative estimate of drug-likeness (QED) is 0.466. The Morgan fingerprint density at radius 3 is 2.03 bits per heavy atom. The summed E-state index contributed by atoms with van der Waals surface area (Å²) in [6, 6.07) is 23.8. The van der Waals surface area contributed by atoms with Crippen molar-refractivity contribution in [1.82, 2.24) is 5.32 Å². The number of amides is 1. The molecule has 0 radical (unpaired) electrons. The molecule has 3 nitrogen and oxygen atoms in total. The predicted molar refractivity (Wildman–Crippen MR) is 121 cm³/mol. The molecule has 0 bridgehead atoms. The number of ether oxygens (including phenoxy) is 1. The van der Waals surface area contributed by atoms with Crippen LogP contribution in [0.3, 0.4) is 0 Å². The summed E-state index contributed by atoms with van der Waals surface area (Å²) in [6.07, 6.45) is 0. The van der Waals surface area contributed by atoms with E-state index in [0.717, 1.165) is 32.5 Å². The van der Waals surface area contributed by atoms with Crippen molar-refractivity contribution in [1.29, 1.82) is 0 Å². The van der Waals surface area contributed by atoms with E-state index < -0.39 is 0 Å². The van der Waals surface area contributed by atoms with Crippen LogP contribution in [-0.2, 0) is 4.79 Å². The number of halogens is 1. The maximum atomic E-state index is 12.8. The van der Waals surface area contributed by atoms with Crippen molar-refractivity contribution in [2.24, 2.45) is 0 Å².